The molecule has 0 spiro atoms. The van der Waals surface area contributed by atoms with Crippen molar-refractivity contribution in [2.24, 2.45) is 0 Å². The van der Waals surface area contributed by atoms with Crippen molar-refractivity contribution in [3.05, 3.63) is 60.8 Å². The van der Waals surface area contributed by atoms with Crippen LogP contribution in [-0.2, 0) is 19.1 Å². The second kappa shape index (κ2) is 47.0. The third-order valence-corrected chi connectivity index (χ3v) is 10.3. The highest BCUT2D eigenvalue weighted by atomic mass is 16.6. The molecule has 0 aliphatic heterocycles. The summed E-state index contributed by atoms with van der Waals surface area (Å²) in [5, 5.41) is 9.61. The van der Waals surface area contributed by atoms with Crippen LogP contribution in [0.1, 0.15) is 232 Å². The zero-order chi connectivity index (χ0) is 40.7. The molecule has 0 aromatic carbocycles. The Hall–Kier alpha value is -2.40. The lowest BCUT2D eigenvalue weighted by Gasteiger charge is -2.15. The van der Waals surface area contributed by atoms with Crippen LogP contribution in [0.5, 0.6) is 0 Å². The normalized spacial score (nSPS) is 12.7. The molecule has 0 heterocycles. The fourth-order valence-electron chi connectivity index (χ4n) is 6.65. The number of carbonyl (C=O) groups is 2. The lowest BCUT2D eigenvalue weighted by molar-refractivity contribution is -0.161. The van der Waals surface area contributed by atoms with E-state index in [-0.39, 0.29) is 25.2 Å². The molecular formula is C51H90O5. The van der Waals surface area contributed by atoms with E-state index >= 15 is 0 Å². The van der Waals surface area contributed by atoms with Crippen LogP contribution in [0.15, 0.2) is 60.8 Å². The molecule has 0 aromatic rings. The van der Waals surface area contributed by atoms with Gasteiger partial charge in [0.15, 0.2) is 6.10 Å². The van der Waals surface area contributed by atoms with Gasteiger partial charge in [-0.15, -0.1) is 0 Å². The molecule has 56 heavy (non-hydrogen) atoms. The van der Waals surface area contributed by atoms with Crippen molar-refractivity contribution in [2.45, 2.75) is 238 Å². The van der Waals surface area contributed by atoms with E-state index in [0.29, 0.717) is 12.8 Å². The predicted molar refractivity (Wildman–Crippen MR) is 242 cm³/mol. The van der Waals surface area contributed by atoms with Gasteiger partial charge in [0.2, 0.25) is 0 Å². The molecule has 0 saturated heterocycles. The molecule has 5 nitrogen and oxygen atoms in total. The summed E-state index contributed by atoms with van der Waals surface area (Å²) >= 11 is 0. The van der Waals surface area contributed by atoms with Gasteiger partial charge in [0.05, 0.1) is 6.61 Å². The summed E-state index contributed by atoms with van der Waals surface area (Å²) in [5.41, 5.74) is 0. The number of carbonyl (C=O) groups excluding carboxylic acids is 2. The Balaban J connectivity index is 3.55. The molecule has 5 heteroatoms. The molecule has 1 unspecified atom stereocenters. The number of allylic oxidation sites excluding steroid dienone is 10. The Labute approximate surface area is 347 Å². The maximum absolute atomic E-state index is 12.2. The average Bonchev–Trinajstić information content (AvgIpc) is 3.20. The van der Waals surface area contributed by atoms with Crippen LogP contribution in [0.2, 0.25) is 0 Å². The fraction of sp³-hybridized carbons (Fsp3) is 0.765. The first-order valence-electron chi connectivity index (χ1n) is 23.8. The predicted octanol–water partition coefficient (Wildman–Crippen LogP) is 15.5. The minimum absolute atomic E-state index is 0.0723. The van der Waals surface area contributed by atoms with Crippen molar-refractivity contribution < 1.29 is 24.2 Å². The summed E-state index contributed by atoms with van der Waals surface area (Å²) in [7, 11) is 0. The Morgan fingerprint density at radius 3 is 1.11 bits per heavy atom. The van der Waals surface area contributed by atoms with Crippen molar-refractivity contribution in [3.63, 3.8) is 0 Å². The minimum Gasteiger partial charge on any atom is -0.462 e. The van der Waals surface area contributed by atoms with Crippen molar-refractivity contribution in [1.29, 1.82) is 0 Å². The second-order valence-electron chi connectivity index (χ2n) is 15.8. The molecule has 0 fully saturated rings. The fourth-order valence-corrected chi connectivity index (χ4v) is 6.65. The Morgan fingerprint density at radius 1 is 0.411 bits per heavy atom. The van der Waals surface area contributed by atoms with Crippen LogP contribution in [0.4, 0.5) is 0 Å². The minimum atomic E-state index is -0.780. The van der Waals surface area contributed by atoms with Crippen LogP contribution < -0.4 is 0 Å². The lowest BCUT2D eigenvalue weighted by Crippen LogP contribution is -2.28. The molecule has 1 atom stereocenters. The summed E-state index contributed by atoms with van der Waals surface area (Å²) < 4.78 is 10.7. The zero-order valence-electron chi connectivity index (χ0n) is 36.9. The summed E-state index contributed by atoms with van der Waals surface area (Å²) in [5.74, 6) is -0.601. The van der Waals surface area contributed by atoms with Crippen LogP contribution in [0.25, 0.3) is 0 Å². The largest absolute Gasteiger partial charge is 0.462 e. The van der Waals surface area contributed by atoms with E-state index in [1.54, 1.807) is 0 Å². The number of unbranched alkanes of at least 4 members (excludes halogenated alkanes) is 25. The number of rotatable bonds is 43. The second-order valence-corrected chi connectivity index (χ2v) is 15.8. The third-order valence-electron chi connectivity index (χ3n) is 10.3. The van der Waals surface area contributed by atoms with Gasteiger partial charge in [-0.2, -0.15) is 0 Å². The van der Waals surface area contributed by atoms with Crippen molar-refractivity contribution in [3.8, 4) is 0 Å². The molecular weight excluding hydrogens is 693 g/mol. The smallest absolute Gasteiger partial charge is 0.306 e. The Kier molecular flexibility index (Phi) is 45.0. The van der Waals surface area contributed by atoms with E-state index in [2.05, 4.69) is 74.6 Å². The zero-order valence-corrected chi connectivity index (χ0v) is 36.9. The molecule has 324 valence electrons. The van der Waals surface area contributed by atoms with Gasteiger partial charge in [0.25, 0.3) is 0 Å². The molecule has 1 N–H and O–H groups in total. The van der Waals surface area contributed by atoms with Gasteiger partial charge in [0.1, 0.15) is 6.61 Å². The van der Waals surface area contributed by atoms with Crippen LogP contribution in [0.3, 0.4) is 0 Å². The van der Waals surface area contributed by atoms with Gasteiger partial charge in [-0.3, -0.25) is 9.59 Å². The molecule has 0 aliphatic rings. The van der Waals surface area contributed by atoms with E-state index in [1.807, 2.05) is 0 Å². The highest BCUT2D eigenvalue weighted by Crippen LogP contribution is 2.14. The first-order chi connectivity index (χ1) is 27.6. The summed E-state index contributed by atoms with van der Waals surface area (Å²) in [4.78, 5) is 24.4. The number of hydrogen-bond donors (Lipinski definition) is 1. The Morgan fingerprint density at radius 2 is 0.714 bits per heavy atom. The van der Waals surface area contributed by atoms with Crippen molar-refractivity contribution in [1.82, 2.24) is 0 Å². The molecule has 0 aliphatic carbocycles. The SMILES string of the molecule is CCCCC/C=C\C/C=C\CCCCCCCCCCCC(=O)OCC(CO)OC(=O)CCCCCCCCCC/C=C\C/C=C\C/C=C\CCCCCCC. The Bertz CT molecular complexity index is 977. The first-order valence-corrected chi connectivity index (χ1v) is 23.8. The number of aliphatic hydroxyl groups excluding tert-OH is 1. The summed E-state index contributed by atoms with van der Waals surface area (Å²) in [6.07, 6.45) is 61.5. The van der Waals surface area contributed by atoms with E-state index in [9.17, 15) is 14.7 Å². The van der Waals surface area contributed by atoms with Crippen molar-refractivity contribution in [2.75, 3.05) is 13.2 Å². The summed E-state index contributed by atoms with van der Waals surface area (Å²) in [6, 6.07) is 0. The van der Waals surface area contributed by atoms with Gasteiger partial charge in [0, 0.05) is 12.8 Å². The number of hydrogen-bond acceptors (Lipinski definition) is 5. The van der Waals surface area contributed by atoms with Crippen LogP contribution >= 0.6 is 0 Å². The quantitative estimate of drug-likeness (QED) is 0.0379. The van der Waals surface area contributed by atoms with Gasteiger partial charge in [-0.05, 0) is 83.5 Å². The standard InChI is InChI=1S/C51H90O5/c1-3-5-7-9-11-13-15-17-19-21-23-24-25-26-28-30-32-34-36-38-40-42-44-46-51(54)56-49(47-52)48-55-50(53)45-43-41-39-37-35-33-31-29-27-22-20-18-16-14-12-10-8-6-4-2/h12,14-15,17-18,20-21,23,25-26,49,52H,3-11,13,16,19,22,24,27-48H2,1-2H3/b14-12-,17-15-,20-18-,23-21-,26-25-. The highest BCUT2D eigenvalue weighted by Gasteiger charge is 2.16. The maximum Gasteiger partial charge on any atom is 0.306 e. The van der Waals surface area contributed by atoms with Crippen LogP contribution in [0, 0.1) is 0 Å². The molecule has 0 bridgehead atoms. The monoisotopic (exact) mass is 783 g/mol. The van der Waals surface area contributed by atoms with E-state index in [1.165, 1.54) is 148 Å². The third kappa shape index (κ3) is 44.3. The average molecular weight is 783 g/mol. The van der Waals surface area contributed by atoms with Gasteiger partial charge in [-0.1, -0.05) is 197 Å². The topological polar surface area (TPSA) is 72.8 Å². The highest BCUT2D eigenvalue weighted by molar-refractivity contribution is 5.70. The first kappa shape index (κ1) is 53.6. The van der Waals surface area contributed by atoms with E-state index < -0.39 is 6.10 Å². The van der Waals surface area contributed by atoms with Crippen LogP contribution in [-0.4, -0.2) is 36.4 Å². The lowest BCUT2D eigenvalue weighted by atomic mass is 10.1. The van der Waals surface area contributed by atoms with Gasteiger partial charge < -0.3 is 14.6 Å². The number of aliphatic hydroxyl groups is 1. The molecule has 0 radical (unpaired) electrons. The molecule has 0 amide bonds. The van der Waals surface area contributed by atoms with E-state index in [4.69, 9.17) is 9.47 Å². The van der Waals surface area contributed by atoms with Gasteiger partial charge >= 0.3 is 11.9 Å². The molecule has 0 saturated carbocycles. The number of ether oxygens (including phenoxy) is 2. The van der Waals surface area contributed by atoms with E-state index in [0.717, 1.165) is 57.8 Å². The van der Waals surface area contributed by atoms with Crippen molar-refractivity contribution >= 4 is 11.9 Å². The van der Waals surface area contributed by atoms with Gasteiger partial charge in [-0.25, -0.2) is 0 Å². The molecule has 0 rings (SSSR count). The number of esters is 2. The maximum atomic E-state index is 12.2. The summed E-state index contributed by atoms with van der Waals surface area (Å²) in [6.45, 7) is 4.10. The molecule has 0 aromatic heterocycles.